The Bertz CT molecular complexity index is 1110. The van der Waals surface area contributed by atoms with Crippen molar-refractivity contribution in [1.29, 1.82) is 0 Å². The Kier molecular flexibility index (Phi) is 7.67. The number of nitro groups is 1. The van der Waals surface area contributed by atoms with Crippen LogP contribution in [-0.2, 0) is 23.2 Å². The Labute approximate surface area is 190 Å². The standard InChI is InChI=1S/C22H29FN4O6/c1-22(2,14-28)21-8-15-7-20(27(30)31)18(23)9-19(15)26(21)11-16(29)13-33-6-4-5-25-12-17(32-3)10-24-25/h7-10,12,16,28-29H,4-6,11,13-14H2,1-3H3/t16-/m0/s1. The van der Waals surface area contributed by atoms with Crippen LogP contribution in [0.3, 0.4) is 0 Å². The fourth-order valence-corrected chi connectivity index (χ4v) is 3.63. The summed E-state index contributed by atoms with van der Waals surface area (Å²) in [6.45, 7) is 4.58. The lowest BCUT2D eigenvalue weighted by atomic mass is 9.90. The maximum atomic E-state index is 14.3. The first-order valence-corrected chi connectivity index (χ1v) is 10.6. The fraction of sp³-hybridized carbons (Fsp3) is 0.500. The highest BCUT2D eigenvalue weighted by molar-refractivity contribution is 5.84. The van der Waals surface area contributed by atoms with E-state index in [1.165, 1.54) is 6.07 Å². The van der Waals surface area contributed by atoms with Crippen LogP contribution in [0.4, 0.5) is 10.1 Å². The Morgan fingerprint density at radius 1 is 1.33 bits per heavy atom. The van der Waals surface area contributed by atoms with Crippen LogP contribution < -0.4 is 4.74 Å². The number of ether oxygens (including phenoxy) is 2. The lowest BCUT2D eigenvalue weighted by Crippen LogP contribution is -2.29. The van der Waals surface area contributed by atoms with Gasteiger partial charge in [0.15, 0.2) is 5.75 Å². The van der Waals surface area contributed by atoms with Crippen molar-refractivity contribution < 1.29 is 29.0 Å². The van der Waals surface area contributed by atoms with Crippen molar-refractivity contribution in [3.05, 3.63) is 52.2 Å². The van der Waals surface area contributed by atoms with Crippen LogP contribution in [0.5, 0.6) is 5.75 Å². The number of aliphatic hydroxyl groups is 2. The molecule has 0 saturated carbocycles. The van der Waals surface area contributed by atoms with Gasteiger partial charge in [-0.1, -0.05) is 13.8 Å². The Morgan fingerprint density at radius 3 is 2.73 bits per heavy atom. The lowest BCUT2D eigenvalue weighted by Gasteiger charge is -2.26. The van der Waals surface area contributed by atoms with Gasteiger partial charge in [-0.3, -0.25) is 14.8 Å². The third kappa shape index (κ3) is 5.67. The number of methoxy groups -OCH3 is 1. The molecule has 0 amide bonds. The van der Waals surface area contributed by atoms with Gasteiger partial charge in [-0.2, -0.15) is 9.49 Å². The van der Waals surface area contributed by atoms with Crippen molar-refractivity contribution in [3.8, 4) is 5.75 Å². The summed E-state index contributed by atoms with van der Waals surface area (Å²) in [4.78, 5) is 10.3. The molecule has 2 aromatic heterocycles. The van der Waals surface area contributed by atoms with Crippen LogP contribution in [-0.4, -0.2) is 62.5 Å². The highest BCUT2D eigenvalue weighted by Crippen LogP contribution is 2.33. The van der Waals surface area contributed by atoms with Gasteiger partial charge in [0, 0.05) is 41.8 Å². The quantitative estimate of drug-likeness (QED) is 0.240. The third-order valence-electron chi connectivity index (χ3n) is 5.48. The molecule has 0 bridgehead atoms. The summed E-state index contributed by atoms with van der Waals surface area (Å²) in [5, 5.41) is 36.1. The number of fused-ring (bicyclic) bond motifs is 1. The van der Waals surface area contributed by atoms with Crippen molar-refractivity contribution in [2.75, 3.05) is 26.9 Å². The average Bonchev–Trinajstić information content (AvgIpc) is 3.37. The number of aryl methyl sites for hydroxylation is 1. The minimum atomic E-state index is -0.957. The average molecular weight is 464 g/mol. The highest BCUT2D eigenvalue weighted by atomic mass is 19.1. The molecular weight excluding hydrogens is 435 g/mol. The molecule has 0 fully saturated rings. The second-order valence-electron chi connectivity index (χ2n) is 8.53. The van der Waals surface area contributed by atoms with Crippen LogP contribution in [0.25, 0.3) is 10.9 Å². The zero-order valence-corrected chi connectivity index (χ0v) is 18.9. The van der Waals surface area contributed by atoms with Gasteiger partial charge in [0.2, 0.25) is 5.82 Å². The van der Waals surface area contributed by atoms with E-state index in [0.717, 1.165) is 6.07 Å². The summed E-state index contributed by atoms with van der Waals surface area (Å²) >= 11 is 0. The van der Waals surface area contributed by atoms with E-state index in [0.29, 0.717) is 41.9 Å². The molecule has 0 spiro atoms. The number of rotatable bonds is 12. The van der Waals surface area contributed by atoms with Crippen molar-refractivity contribution >= 4 is 16.6 Å². The van der Waals surface area contributed by atoms with Crippen molar-refractivity contribution in [3.63, 3.8) is 0 Å². The number of benzene rings is 1. The summed E-state index contributed by atoms with van der Waals surface area (Å²) < 4.78 is 28.4. The summed E-state index contributed by atoms with van der Waals surface area (Å²) in [5.74, 6) is -0.283. The Hall–Kier alpha value is -3.02. The van der Waals surface area contributed by atoms with E-state index < -0.39 is 27.9 Å². The summed E-state index contributed by atoms with van der Waals surface area (Å²) in [7, 11) is 1.57. The molecule has 0 aliphatic heterocycles. The predicted octanol–water partition coefficient (Wildman–Crippen LogP) is 2.63. The molecule has 33 heavy (non-hydrogen) atoms. The van der Waals surface area contributed by atoms with E-state index in [1.54, 1.807) is 48.7 Å². The fourth-order valence-electron chi connectivity index (χ4n) is 3.63. The summed E-state index contributed by atoms with van der Waals surface area (Å²) in [6, 6.07) is 3.95. The van der Waals surface area contributed by atoms with Crippen LogP contribution in [0.2, 0.25) is 0 Å². The minimum Gasteiger partial charge on any atom is -0.493 e. The first-order chi connectivity index (χ1) is 15.7. The number of halogens is 1. The maximum absolute atomic E-state index is 14.3. The van der Waals surface area contributed by atoms with Gasteiger partial charge >= 0.3 is 5.69 Å². The number of hydrogen-bond acceptors (Lipinski definition) is 7. The van der Waals surface area contributed by atoms with Gasteiger partial charge in [-0.05, 0) is 12.5 Å². The SMILES string of the molecule is COc1cnn(CCCOC[C@@H](O)Cn2c(C(C)(C)CO)cc3cc([N+](=O)[O-])c(F)cc32)c1. The second kappa shape index (κ2) is 10.3. The van der Waals surface area contributed by atoms with Crippen LogP contribution in [0.15, 0.2) is 30.6 Å². The summed E-state index contributed by atoms with van der Waals surface area (Å²) in [5.41, 5.74) is -0.296. The molecule has 0 unspecified atom stereocenters. The monoisotopic (exact) mass is 464 g/mol. The summed E-state index contributed by atoms with van der Waals surface area (Å²) in [6.07, 6.45) is 3.17. The molecule has 1 atom stereocenters. The van der Waals surface area contributed by atoms with Gasteiger partial charge in [0.05, 0.1) is 55.8 Å². The topological polar surface area (TPSA) is 125 Å². The van der Waals surface area contributed by atoms with Crippen LogP contribution >= 0.6 is 0 Å². The Morgan fingerprint density at radius 2 is 2.09 bits per heavy atom. The largest absolute Gasteiger partial charge is 0.493 e. The van der Waals surface area contributed by atoms with E-state index in [1.807, 2.05) is 0 Å². The molecular formula is C22H29FN4O6. The predicted molar refractivity (Wildman–Crippen MR) is 119 cm³/mol. The molecule has 2 heterocycles. The van der Waals surface area contributed by atoms with Crippen LogP contribution in [0.1, 0.15) is 26.0 Å². The number of aromatic nitrogens is 3. The smallest absolute Gasteiger partial charge is 0.305 e. The molecule has 10 nitrogen and oxygen atoms in total. The lowest BCUT2D eigenvalue weighted by molar-refractivity contribution is -0.387. The number of aliphatic hydroxyl groups excluding tert-OH is 2. The molecule has 3 aromatic rings. The van der Waals surface area contributed by atoms with Gasteiger partial charge in [-0.25, -0.2) is 0 Å². The number of nitro benzene ring substituents is 1. The van der Waals surface area contributed by atoms with E-state index in [-0.39, 0.29) is 19.8 Å². The first-order valence-electron chi connectivity index (χ1n) is 10.6. The normalized spacial score (nSPS) is 12.9. The maximum Gasteiger partial charge on any atom is 0.305 e. The molecule has 0 aliphatic carbocycles. The number of nitrogens with zero attached hydrogens (tertiary/aromatic N) is 4. The van der Waals surface area contributed by atoms with Crippen molar-refractivity contribution in [2.45, 2.75) is 44.9 Å². The van der Waals surface area contributed by atoms with E-state index in [9.17, 15) is 24.7 Å². The van der Waals surface area contributed by atoms with Gasteiger partial charge in [0.25, 0.3) is 0 Å². The third-order valence-corrected chi connectivity index (χ3v) is 5.48. The second-order valence-corrected chi connectivity index (χ2v) is 8.53. The zero-order valence-electron chi connectivity index (χ0n) is 18.9. The number of hydrogen-bond donors (Lipinski definition) is 2. The van der Waals surface area contributed by atoms with Crippen molar-refractivity contribution in [2.24, 2.45) is 0 Å². The van der Waals surface area contributed by atoms with Gasteiger partial charge < -0.3 is 24.3 Å². The van der Waals surface area contributed by atoms with Gasteiger partial charge in [0.1, 0.15) is 0 Å². The van der Waals surface area contributed by atoms with E-state index >= 15 is 0 Å². The minimum absolute atomic E-state index is 0.0521. The molecule has 2 N–H and O–H groups in total. The molecule has 180 valence electrons. The zero-order chi connectivity index (χ0) is 24.2. The van der Waals surface area contributed by atoms with E-state index in [2.05, 4.69) is 5.10 Å². The molecule has 0 aliphatic rings. The van der Waals surface area contributed by atoms with Crippen molar-refractivity contribution in [1.82, 2.24) is 14.3 Å². The molecule has 1 aromatic carbocycles. The highest BCUT2D eigenvalue weighted by Gasteiger charge is 2.28. The Balaban J connectivity index is 1.68. The van der Waals surface area contributed by atoms with Gasteiger partial charge in [-0.15, -0.1) is 0 Å². The molecule has 0 saturated heterocycles. The molecule has 11 heteroatoms. The molecule has 3 rings (SSSR count). The first kappa shape index (κ1) is 24.6. The van der Waals surface area contributed by atoms with E-state index in [4.69, 9.17) is 9.47 Å². The van der Waals surface area contributed by atoms with Crippen LogP contribution in [0, 0.1) is 15.9 Å². The molecule has 0 radical (unpaired) electrons.